The fraction of sp³-hybridized carbons (Fsp3) is 0.417. The largest absolute Gasteiger partial charge is 0.337 e. The van der Waals surface area contributed by atoms with Crippen molar-refractivity contribution in [2.24, 2.45) is 0 Å². The molecule has 0 atom stereocenters. The van der Waals surface area contributed by atoms with Crippen molar-refractivity contribution in [1.82, 2.24) is 15.8 Å². The Labute approximate surface area is 196 Å². The first-order valence-corrected chi connectivity index (χ1v) is 11.3. The zero-order chi connectivity index (χ0) is 23.9. The second-order valence-corrected chi connectivity index (χ2v) is 9.53. The monoisotopic (exact) mass is 509 g/mol. The quantitative estimate of drug-likeness (QED) is 0.457. The van der Waals surface area contributed by atoms with Crippen LogP contribution in [0.5, 0.6) is 0 Å². The van der Waals surface area contributed by atoms with Crippen molar-refractivity contribution in [3.8, 4) is 0 Å². The van der Waals surface area contributed by atoms with Crippen molar-refractivity contribution in [3.63, 3.8) is 0 Å². The van der Waals surface area contributed by atoms with Gasteiger partial charge >= 0.3 is 6.03 Å². The molecule has 0 saturated carbocycles. The first-order valence-electron chi connectivity index (χ1n) is 10.5. The number of urea groups is 1. The third-order valence-electron chi connectivity index (χ3n) is 4.94. The summed E-state index contributed by atoms with van der Waals surface area (Å²) >= 11 is 3.19. The van der Waals surface area contributed by atoms with E-state index in [0.717, 1.165) is 16.1 Å². The molecule has 0 aliphatic heterocycles. The van der Waals surface area contributed by atoms with Crippen molar-refractivity contribution in [3.05, 3.63) is 69.7 Å². The van der Waals surface area contributed by atoms with E-state index in [4.69, 9.17) is 0 Å². The van der Waals surface area contributed by atoms with Crippen LogP contribution >= 0.6 is 15.9 Å². The maximum atomic E-state index is 14.6. The molecular weight excluding hydrogens is 480 g/mol. The molecule has 0 aliphatic rings. The number of carbonyl (C=O) groups is 2. The Kier molecular flexibility index (Phi) is 8.78. The highest BCUT2D eigenvalue weighted by atomic mass is 79.9. The van der Waals surface area contributed by atoms with Crippen molar-refractivity contribution >= 4 is 27.9 Å². The summed E-state index contributed by atoms with van der Waals surface area (Å²) in [6.07, 6.45) is -1.09. The zero-order valence-corrected chi connectivity index (χ0v) is 20.4. The van der Waals surface area contributed by atoms with E-state index in [0.29, 0.717) is 11.0 Å². The predicted octanol–water partition coefficient (Wildman–Crippen LogP) is 5.88. The van der Waals surface area contributed by atoms with Gasteiger partial charge in [0.1, 0.15) is 0 Å². The van der Waals surface area contributed by atoms with Gasteiger partial charge in [0.25, 0.3) is 5.92 Å². The summed E-state index contributed by atoms with van der Waals surface area (Å²) < 4.78 is 29.8. The smallest absolute Gasteiger partial charge is 0.333 e. The van der Waals surface area contributed by atoms with Crippen LogP contribution in [-0.2, 0) is 22.7 Å². The van der Waals surface area contributed by atoms with Crippen LogP contribution in [0.2, 0.25) is 0 Å². The van der Waals surface area contributed by atoms with Gasteiger partial charge in [0.15, 0.2) is 0 Å². The molecule has 0 saturated heterocycles. The van der Waals surface area contributed by atoms with Gasteiger partial charge in [-0.1, -0.05) is 73.1 Å². The van der Waals surface area contributed by atoms with Gasteiger partial charge < -0.3 is 5.32 Å². The molecule has 0 aliphatic carbocycles. The van der Waals surface area contributed by atoms with Crippen molar-refractivity contribution < 1.29 is 18.4 Å². The van der Waals surface area contributed by atoms with Crippen LogP contribution in [0.1, 0.15) is 57.2 Å². The van der Waals surface area contributed by atoms with E-state index in [1.807, 2.05) is 24.3 Å². The van der Waals surface area contributed by atoms with E-state index >= 15 is 0 Å². The Morgan fingerprint density at radius 1 is 1.03 bits per heavy atom. The molecule has 0 radical (unpaired) electrons. The van der Waals surface area contributed by atoms with E-state index in [1.54, 1.807) is 13.0 Å². The number of halogens is 3. The highest BCUT2D eigenvalue weighted by Gasteiger charge is 2.33. The number of rotatable bonds is 7. The molecule has 0 heterocycles. The fourth-order valence-electron chi connectivity index (χ4n) is 3.06. The van der Waals surface area contributed by atoms with Crippen LogP contribution in [0.15, 0.2) is 53.0 Å². The van der Waals surface area contributed by atoms with E-state index in [9.17, 15) is 18.4 Å². The molecule has 8 heteroatoms. The summed E-state index contributed by atoms with van der Waals surface area (Å²) in [5.41, 5.74) is 4.20. The highest BCUT2D eigenvalue weighted by molar-refractivity contribution is 9.10. The van der Waals surface area contributed by atoms with E-state index in [1.165, 1.54) is 18.2 Å². The van der Waals surface area contributed by atoms with Gasteiger partial charge in [-0.3, -0.25) is 4.79 Å². The van der Waals surface area contributed by atoms with Crippen LogP contribution in [0.3, 0.4) is 0 Å². The standard InChI is InChI=1S/C24H30BrF2N3O2/c1-5-28-22(32)29-30(16-17-9-11-18(12-10-17)23(2,3)4)21(31)13-14-24(26,27)19-7-6-8-20(25)15-19/h6-12,15H,5,13-14,16H2,1-4H3,(H2,28,29,32). The molecule has 0 bridgehead atoms. The predicted molar refractivity (Wildman–Crippen MR) is 125 cm³/mol. The normalized spacial score (nSPS) is 11.7. The Morgan fingerprint density at radius 3 is 2.25 bits per heavy atom. The molecule has 2 aromatic rings. The molecule has 3 amide bonds. The molecule has 0 spiro atoms. The van der Waals surface area contributed by atoms with Gasteiger partial charge in [-0.15, -0.1) is 0 Å². The van der Waals surface area contributed by atoms with Crippen molar-refractivity contribution in [1.29, 1.82) is 0 Å². The van der Waals surface area contributed by atoms with E-state index in [-0.39, 0.29) is 17.5 Å². The van der Waals surface area contributed by atoms with Gasteiger partial charge in [-0.05, 0) is 35.6 Å². The Balaban J connectivity index is 2.13. The maximum Gasteiger partial charge on any atom is 0.333 e. The number of hydrazine groups is 1. The van der Waals surface area contributed by atoms with Gasteiger partial charge in [-0.2, -0.15) is 0 Å². The third-order valence-corrected chi connectivity index (χ3v) is 5.43. The molecule has 32 heavy (non-hydrogen) atoms. The van der Waals surface area contributed by atoms with E-state index < -0.39 is 30.7 Å². The second kappa shape index (κ2) is 10.9. The maximum absolute atomic E-state index is 14.6. The lowest BCUT2D eigenvalue weighted by Gasteiger charge is -2.25. The van der Waals surface area contributed by atoms with E-state index in [2.05, 4.69) is 47.4 Å². The lowest BCUT2D eigenvalue weighted by molar-refractivity contribution is -0.136. The summed E-state index contributed by atoms with van der Waals surface area (Å²) in [5.74, 6) is -3.77. The van der Waals surface area contributed by atoms with Crippen LogP contribution in [0.25, 0.3) is 0 Å². The van der Waals surface area contributed by atoms with Crippen LogP contribution in [0.4, 0.5) is 13.6 Å². The average Bonchev–Trinajstić information content (AvgIpc) is 2.71. The summed E-state index contributed by atoms with van der Waals surface area (Å²) in [6.45, 7) is 8.48. The number of alkyl halides is 2. The summed E-state index contributed by atoms with van der Waals surface area (Å²) in [5, 5.41) is 3.64. The number of hydrogen-bond acceptors (Lipinski definition) is 2. The Bertz CT molecular complexity index is 928. The molecule has 0 aromatic heterocycles. The number of benzene rings is 2. The highest BCUT2D eigenvalue weighted by Crippen LogP contribution is 2.34. The Hall–Kier alpha value is -2.48. The van der Waals surface area contributed by atoms with Gasteiger partial charge in [0.2, 0.25) is 5.91 Å². The van der Waals surface area contributed by atoms with Gasteiger partial charge in [-0.25, -0.2) is 24.0 Å². The summed E-state index contributed by atoms with van der Waals surface area (Å²) in [4.78, 5) is 24.8. The molecule has 5 nitrogen and oxygen atoms in total. The Morgan fingerprint density at radius 2 is 1.69 bits per heavy atom. The molecule has 0 fully saturated rings. The van der Waals surface area contributed by atoms with Gasteiger partial charge in [0, 0.05) is 29.4 Å². The number of carbonyl (C=O) groups excluding carboxylic acids is 2. The van der Waals surface area contributed by atoms with Gasteiger partial charge in [0.05, 0.1) is 6.54 Å². The molecule has 0 unspecified atom stereocenters. The zero-order valence-electron chi connectivity index (χ0n) is 18.8. The fourth-order valence-corrected chi connectivity index (χ4v) is 3.46. The SMILES string of the molecule is CCNC(=O)NN(Cc1ccc(C(C)(C)C)cc1)C(=O)CCC(F)(F)c1cccc(Br)c1. The van der Waals surface area contributed by atoms with Crippen LogP contribution < -0.4 is 10.7 Å². The first-order chi connectivity index (χ1) is 14.9. The molecule has 2 aromatic carbocycles. The third kappa shape index (κ3) is 7.58. The number of nitrogens with zero attached hydrogens (tertiary/aromatic N) is 1. The minimum atomic E-state index is -3.18. The number of amides is 3. The lowest BCUT2D eigenvalue weighted by atomic mass is 9.87. The second-order valence-electron chi connectivity index (χ2n) is 8.61. The molecular formula is C24H30BrF2N3O2. The average molecular weight is 510 g/mol. The first kappa shape index (κ1) is 25.8. The lowest BCUT2D eigenvalue weighted by Crippen LogP contribution is -2.49. The minimum absolute atomic E-state index is 0.0225. The minimum Gasteiger partial charge on any atom is -0.337 e. The molecule has 2 N–H and O–H groups in total. The summed E-state index contributed by atoms with van der Waals surface area (Å²) in [6, 6.07) is 13.0. The topological polar surface area (TPSA) is 61.4 Å². The van der Waals surface area contributed by atoms with Crippen molar-refractivity contribution in [2.45, 2.75) is 58.4 Å². The van der Waals surface area contributed by atoms with Crippen LogP contribution in [0, 0.1) is 0 Å². The number of nitrogens with one attached hydrogen (secondary N) is 2. The number of hydrogen-bond donors (Lipinski definition) is 2. The summed E-state index contributed by atoms with van der Waals surface area (Å²) in [7, 11) is 0. The van der Waals surface area contributed by atoms with Crippen LogP contribution in [-0.4, -0.2) is 23.5 Å². The molecule has 2 rings (SSSR count). The van der Waals surface area contributed by atoms with Crippen molar-refractivity contribution in [2.75, 3.05) is 6.54 Å². The molecule has 174 valence electrons.